The fraction of sp³-hybridized carbons (Fsp3) is 0.523. The van der Waals surface area contributed by atoms with E-state index in [2.05, 4.69) is 82.8 Å². The third kappa shape index (κ3) is 8.77. The molecule has 0 unspecified atom stereocenters. The standard InChI is InChI=1S/C44H60O9Si/c1-9-19-36(45)39-40(49-31-48-29-28-47-8)43(6,7)44(53-39)30-38(51-41(46)33-20-13-10-14-21-33)32(2)37(52-44)26-27-50-54(42(3,4)5,34-22-15-11-16-23-34)35-24-17-12-18-25-35/h9-18,20-25,32,36-40,45H,1,19,26-31H2,2-8H3/t32-,36+,37+,38-,39-,40+,44-/m1/s1. The van der Waals surface area contributed by atoms with Crippen molar-refractivity contribution in [2.75, 3.05) is 33.7 Å². The van der Waals surface area contributed by atoms with Gasteiger partial charge in [-0.3, -0.25) is 0 Å². The van der Waals surface area contributed by atoms with Crippen molar-refractivity contribution in [1.82, 2.24) is 0 Å². The number of carbonyl (C=O) groups is 1. The number of benzene rings is 3. The van der Waals surface area contributed by atoms with E-state index < -0.39 is 56.0 Å². The lowest BCUT2D eigenvalue weighted by Gasteiger charge is -2.51. The second-order valence-corrected chi connectivity index (χ2v) is 20.4. The van der Waals surface area contributed by atoms with E-state index in [0.717, 1.165) is 0 Å². The van der Waals surface area contributed by atoms with Gasteiger partial charge in [-0.05, 0) is 40.4 Å². The molecule has 9 nitrogen and oxygen atoms in total. The van der Waals surface area contributed by atoms with Gasteiger partial charge < -0.3 is 38.0 Å². The van der Waals surface area contributed by atoms with E-state index in [1.54, 1.807) is 25.3 Å². The van der Waals surface area contributed by atoms with Crippen LogP contribution in [0.1, 0.15) is 71.2 Å². The molecular formula is C44H60O9Si. The van der Waals surface area contributed by atoms with Crippen molar-refractivity contribution < 1.29 is 42.7 Å². The van der Waals surface area contributed by atoms with Gasteiger partial charge >= 0.3 is 5.97 Å². The van der Waals surface area contributed by atoms with Gasteiger partial charge in [0, 0.05) is 31.5 Å². The van der Waals surface area contributed by atoms with E-state index in [1.165, 1.54) is 10.4 Å². The van der Waals surface area contributed by atoms with Crippen molar-refractivity contribution in [2.45, 2.75) is 102 Å². The molecule has 0 aromatic heterocycles. The topological polar surface area (TPSA) is 102 Å². The predicted octanol–water partition coefficient (Wildman–Crippen LogP) is 6.67. The molecule has 2 heterocycles. The molecule has 0 bridgehead atoms. The second-order valence-electron chi connectivity index (χ2n) is 16.1. The van der Waals surface area contributed by atoms with Crippen LogP contribution in [-0.4, -0.2) is 89.4 Å². The zero-order valence-corrected chi connectivity index (χ0v) is 34.1. The van der Waals surface area contributed by atoms with Gasteiger partial charge in [-0.15, -0.1) is 6.58 Å². The highest BCUT2D eigenvalue weighted by molar-refractivity contribution is 6.99. The molecule has 2 fully saturated rings. The van der Waals surface area contributed by atoms with Crippen LogP contribution in [0.4, 0.5) is 0 Å². The van der Waals surface area contributed by atoms with Gasteiger partial charge in [-0.2, -0.15) is 0 Å². The SMILES string of the molecule is C=CC[C@H](O)[C@H]1O[C@]2(C[C@@H](OC(=O)c3ccccc3)[C@H](C)[C@H](CCO[Si](c3ccccc3)(c3ccccc3)C(C)(C)C)O2)C(C)(C)[C@H]1OCOCCOC. The molecule has 294 valence electrons. The Balaban J connectivity index is 1.49. The third-order valence-corrected chi connectivity index (χ3v) is 16.3. The molecule has 2 saturated heterocycles. The minimum atomic E-state index is -2.84. The first-order chi connectivity index (χ1) is 25.8. The van der Waals surface area contributed by atoms with Crippen molar-refractivity contribution in [3.8, 4) is 0 Å². The van der Waals surface area contributed by atoms with Crippen LogP contribution in [0.5, 0.6) is 0 Å². The van der Waals surface area contributed by atoms with Gasteiger partial charge in [-0.25, -0.2) is 4.79 Å². The fourth-order valence-corrected chi connectivity index (χ4v) is 12.8. The lowest BCUT2D eigenvalue weighted by Crippen LogP contribution is -2.66. The van der Waals surface area contributed by atoms with Crippen LogP contribution in [0.2, 0.25) is 5.04 Å². The maximum atomic E-state index is 13.6. The fourth-order valence-electron chi connectivity index (χ4n) is 8.19. The third-order valence-electron chi connectivity index (χ3n) is 11.3. The molecule has 1 spiro atoms. The second kappa shape index (κ2) is 18.2. The molecule has 2 aliphatic heterocycles. The van der Waals surface area contributed by atoms with E-state index in [0.29, 0.717) is 38.2 Å². The molecule has 0 radical (unpaired) electrons. The largest absolute Gasteiger partial charge is 0.458 e. The molecule has 0 aliphatic carbocycles. The van der Waals surface area contributed by atoms with Gasteiger partial charge in [0.05, 0.1) is 37.1 Å². The molecular weight excluding hydrogens is 701 g/mol. The molecule has 0 amide bonds. The maximum Gasteiger partial charge on any atom is 0.338 e. The monoisotopic (exact) mass is 760 g/mol. The number of ether oxygens (including phenoxy) is 6. The minimum Gasteiger partial charge on any atom is -0.458 e. The smallest absolute Gasteiger partial charge is 0.338 e. The number of aliphatic hydroxyl groups excluding tert-OH is 1. The van der Waals surface area contributed by atoms with Crippen LogP contribution in [0, 0.1) is 11.3 Å². The van der Waals surface area contributed by atoms with Crippen LogP contribution < -0.4 is 10.4 Å². The predicted molar refractivity (Wildman–Crippen MR) is 212 cm³/mol. The Morgan fingerprint density at radius 2 is 1.54 bits per heavy atom. The van der Waals surface area contributed by atoms with Crippen molar-refractivity contribution in [3.05, 3.63) is 109 Å². The summed E-state index contributed by atoms with van der Waals surface area (Å²) in [6.45, 7) is 17.9. The Kier molecular flexibility index (Phi) is 14.1. The number of esters is 1. The number of rotatable bonds is 17. The summed E-state index contributed by atoms with van der Waals surface area (Å²) < 4.78 is 45.0. The summed E-state index contributed by atoms with van der Waals surface area (Å²) in [7, 11) is -1.23. The summed E-state index contributed by atoms with van der Waals surface area (Å²) in [5.41, 5.74) is -0.351. The van der Waals surface area contributed by atoms with Crippen molar-refractivity contribution in [1.29, 1.82) is 0 Å². The summed E-state index contributed by atoms with van der Waals surface area (Å²) in [4.78, 5) is 13.6. The van der Waals surface area contributed by atoms with Gasteiger partial charge in [-0.1, -0.05) is 126 Å². The van der Waals surface area contributed by atoms with Crippen molar-refractivity contribution in [2.24, 2.45) is 11.3 Å². The maximum absolute atomic E-state index is 13.6. The average molecular weight is 761 g/mol. The molecule has 5 rings (SSSR count). The van der Waals surface area contributed by atoms with Crippen molar-refractivity contribution in [3.63, 3.8) is 0 Å². The highest BCUT2D eigenvalue weighted by Gasteiger charge is 2.67. The van der Waals surface area contributed by atoms with Crippen LogP contribution >= 0.6 is 0 Å². The lowest BCUT2D eigenvalue weighted by molar-refractivity contribution is -0.335. The summed E-state index contributed by atoms with van der Waals surface area (Å²) in [6.07, 6.45) is -0.603. The molecule has 0 saturated carbocycles. The lowest BCUT2D eigenvalue weighted by atomic mass is 9.72. The Bertz CT molecular complexity index is 1570. The number of hydrogen-bond acceptors (Lipinski definition) is 9. The summed E-state index contributed by atoms with van der Waals surface area (Å²) in [5, 5.41) is 13.6. The van der Waals surface area contributed by atoms with Crippen LogP contribution in [0.3, 0.4) is 0 Å². The van der Waals surface area contributed by atoms with Gasteiger partial charge in [0.15, 0.2) is 5.79 Å². The van der Waals surface area contributed by atoms with E-state index in [1.807, 2.05) is 44.2 Å². The minimum absolute atomic E-state index is 0.0210. The quantitative estimate of drug-likeness (QED) is 0.0532. The molecule has 7 atom stereocenters. The van der Waals surface area contributed by atoms with Gasteiger partial charge in [0.1, 0.15) is 19.0 Å². The number of aliphatic hydroxyl groups is 1. The Labute approximate surface area is 323 Å². The Morgan fingerprint density at radius 1 is 0.944 bits per heavy atom. The molecule has 3 aromatic rings. The first-order valence-electron chi connectivity index (χ1n) is 19.1. The van der Waals surface area contributed by atoms with Crippen LogP contribution in [0.25, 0.3) is 0 Å². The molecule has 2 aliphatic rings. The highest BCUT2D eigenvalue weighted by Crippen LogP contribution is 2.56. The summed E-state index contributed by atoms with van der Waals surface area (Å²) in [5.74, 6) is -1.91. The highest BCUT2D eigenvalue weighted by atomic mass is 28.4. The van der Waals surface area contributed by atoms with E-state index in [-0.39, 0.29) is 24.2 Å². The Hall–Kier alpha value is -3.19. The first-order valence-corrected chi connectivity index (χ1v) is 21.1. The molecule has 1 N–H and O–H groups in total. The number of hydrogen-bond donors (Lipinski definition) is 1. The van der Waals surface area contributed by atoms with Crippen LogP contribution in [0.15, 0.2) is 104 Å². The molecule has 10 heteroatoms. The summed E-state index contributed by atoms with van der Waals surface area (Å²) in [6, 6.07) is 30.1. The zero-order valence-electron chi connectivity index (χ0n) is 33.1. The number of methoxy groups -OCH3 is 1. The van der Waals surface area contributed by atoms with Crippen molar-refractivity contribution >= 4 is 24.7 Å². The normalized spacial score (nSPS) is 26.0. The van der Waals surface area contributed by atoms with E-state index >= 15 is 0 Å². The Morgan fingerprint density at radius 3 is 2.09 bits per heavy atom. The molecule has 3 aromatic carbocycles. The average Bonchev–Trinajstić information content (AvgIpc) is 3.37. The first kappa shape index (κ1) is 42.0. The molecule has 54 heavy (non-hydrogen) atoms. The van der Waals surface area contributed by atoms with Crippen LogP contribution in [-0.2, 0) is 32.8 Å². The van der Waals surface area contributed by atoms with Gasteiger partial charge in [0.2, 0.25) is 0 Å². The number of carbonyl (C=O) groups excluding carboxylic acids is 1. The zero-order chi connectivity index (χ0) is 39.0. The van der Waals surface area contributed by atoms with Gasteiger partial charge in [0.25, 0.3) is 8.32 Å². The van der Waals surface area contributed by atoms with E-state index in [9.17, 15) is 9.90 Å². The summed E-state index contributed by atoms with van der Waals surface area (Å²) >= 11 is 0. The van der Waals surface area contributed by atoms with E-state index in [4.69, 9.17) is 32.8 Å².